The van der Waals surface area contributed by atoms with Crippen LogP contribution in [0.2, 0.25) is 0 Å². The molecule has 23 heavy (non-hydrogen) atoms. The average Bonchev–Trinajstić information content (AvgIpc) is 3.35. The number of carbonyl (C=O) groups is 2. The maximum Gasteiger partial charge on any atom is 0.258 e. The summed E-state index contributed by atoms with van der Waals surface area (Å²) in [5.41, 5.74) is 0.984. The van der Waals surface area contributed by atoms with Crippen molar-refractivity contribution in [2.75, 3.05) is 20.3 Å². The third-order valence-electron chi connectivity index (χ3n) is 3.29. The Morgan fingerprint density at radius 2 is 2.04 bits per heavy atom. The summed E-state index contributed by atoms with van der Waals surface area (Å²) >= 11 is 0. The second-order valence-electron chi connectivity index (χ2n) is 5.32. The molecule has 0 unspecified atom stereocenters. The van der Waals surface area contributed by atoms with E-state index >= 15 is 0 Å². The van der Waals surface area contributed by atoms with Gasteiger partial charge in [0.05, 0.1) is 13.7 Å². The minimum atomic E-state index is -0.351. The standard InChI is InChI=1S/C17H22N2O4/c1-3-4-12-5-8-14(15(9-12)22-2)23-11-17(21)18-10-16(20)19-13-6-7-13/h3-5,8-9,13H,6-7,10-11H2,1-2H3,(H,18,21)(H,19,20)/b4-3+. The van der Waals surface area contributed by atoms with Crippen LogP contribution in [-0.4, -0.2) is 38.1 Å². The summed E-state index contributed by atoms with van der Waals surface area (Å²) in [7, 11) is 1.55. The van der Waals surface area contributed by atoms with Crippen LogP contribution < -0.4 is 20.1 Å². The molecule has 1 aromatic carbocycles. The van der Waals surface area contributed by atoms with Crippen LogP contribution in [0.4, 0.5) is 0 Å². The average molecular weight is 318 g/mol. The second kappa shape index (κ2) is 8.22. The molecule has 6 nitrogen and oxygen atoms in total. The molecule has 2 rings (SSSR count). The first-order valence-electron chi connectivity index (χ1n) is 7.62. The van der Waals surface area contributed by atoms with Crippen LogP contribution in [0.25, 0.3) is 6.08 Å². The Morgan fingerprint density at radius 3 is 2.70 bits per heavy atom. The van der Waals surface area contributed by atoms with Crippen LogP contribution in [0.1, 0.15) is 25.3 Å². The number of amides is 2. The summed E-state index contributed by atoms with van der Waals surface area (Å²) in [4.78, 5) is 23.2. The number of methoxy groups -OCH3 is 1. The van der Waals surface area contributed by atoms with E-state index in [-0.39, 0.29) is 31.0 Å². The van der Waals surface area contributed by atoms with Crippen molar-refractivity contribution in [2.24, 2.45) is 0 Å². The quantitative estimate of drug-likeness (QED) is 0.761. The lowest BCUT2D eigenvalue weighted by Crippen LogP contribution is -2.39. The largest absolute Gasteiger partial charge is 0.493 e. The number of ether oxygens (including phenoxy) is 2. The molecule has 1 fully saturated rings. The van der Waals surface area contributed by atoms with Gasteiger partial charge in [0.25, 0.3) is 5.91 Å². The molecule has 1 saturated carbocycles. The van der Waals surface area contributed by atoms with Gasteiger partial charge in [0.1, 0.15) is 0 Å². The minimum absolute atomic E-state index is 0.0317. The molecule has 0 saturated heterocycles. The topological polar surface area (TPSA) is 76.7 Å². The van der Waals surface area contributed by atoms with E-state index in [2.05, 4.69) is 10.6 Å². The van der Waals surface area contributed by atoms with E-state index in [1.165, 1.54) is 0 Å². The minimum Gasteiger partial charge on any atom is -0.493 e. The molecule has 0 spiro atoms. The highest BCUT2D eigenvalue weighted by Crippen LogP contribution is 2.28. The van der Waals surface area contributed by atoms with Crippen LogP contribution in [0.5, 0.6) is 11.5 Å². The van der Waals surface area contributed by atoms with Gasteiger partial charge in [0.15, 0.2) is 18.1 Å². The first-order chi connectivity index (χ1) is 11.1. The van der Waals surface area contributed by atoms with Crippen molar-refractivity contribution in [1.29, 1.82) is 0 Å². The lowest BCUT2D eigenvalue weighted by Gasteiger charge is -2.11. The fraction of sp³-hybridized carbons (Fsp3) is 0.412. The molecule has 6 heteroatoms. The molecule has 0 bridgehead atoms. The Balaban J connectivity index is 1.79. The Bertz CT molecular complexity index is 594. The van der Waals surface area contributed by atoms with Gasteiger partial charge in [-0.1, -0.05) is 18.2 Å². The Hall–Kier alpha value is -2.50. The van der Waals surface area contributed by atoms with Gasteiger partial charge in [-0.2, -0.15) is 0 Å². The zero-order valence-electron chi connectivity index (χ0n) is 13.4. The zero-order valence-corrected chi connectivity index (χ0v) is 13.4. The molecular weight excluding hydrogens is 296 g/mol. The van der Waals surface area contributed by atoms with Gasteiger partial charge in [0.2, 0.25) is 5.91 Å². The molecule has 0 radical (unpaired) electrons. The van der Waals surface area contributed by atoms with Crippen molar-refractivity contribution in [3.63, 3.8) is 0 Å². The molecule has 1 aliphatic rings. The van der Waals surface area contributed by atoms with Crippen molar-refractivity contribution in [3.05, 3.63) is 29.8 Å². The SMILES string of the molecule is C/C=C/c1ccc(OCC(=O)NCC(=O)NC2CC2)c(OC)c1. The first-order valence-corrected chi connectivity index (χ1v) is 7.62. The number of carbonyl (C=O) groups excluding carboxylic acids is 2. The van der Waals surface area contributed by atoms with E-state index in [1.54, 1.807) is 13.2 Å². The third kappa shape index (κ3) is 5.65. The molecular formula is C17H22N2O4. The second-order valence-corrected chi connectivity index (χ2v) is 5.32. The molecule has 0 atom stereocenters. The number of allylic oxidation sites excluding steroid dienone is 1. The number of hydrogen-bond donors (Lipinski definition) is 2. The lowest BCUT2D eigenvalue weighted by molar-refractivity contribution is -0.127. The third-order valence-corrected chi connectivity index (χ3v) is 3.29. The van der Waals surface area contributed by atoms with E-state index in [0.29, 0.717) is 11.5 Å². The van der Waals surface area contributed by atoms with E-state index in [9.17, 15) is 9.59 Å². The zero-order chi connectivity index (χ0) is 16.7. The Morgan fingerprint density at radius 1 is 1.26 bits per heavy atom. The summed E-state index contributed by atoms with van der Waals surface area (Å²) < 4.78 is 10.7. The molecule has 0 aromatic heterocycles. The molecule has 124 valence electrons. The molecule has 2 N–H and O–H groups in total. The highest BCUT2D eigenvalue weighted by Gasteiger charge is 2.23. The van der Waals surface area contributed by atoms with Crippen molar-refractivity contribution in [1.82, 2.24) is 10.6 Å². The van der Waals surface area contributed by atoms with Crippen LogP contribution in [-0.2, 0) is 9.59 Å². The highest BCUT2D eigenvalue weighted by atomic mass is 16.5. The summed E-state index contributed by atoms with van der Waals surface area (Å²) in [5, 5.41) is 5.33. The van der Waals surface area contributed by atoms with Crippen molar-refractivity contribution in [3.8, 4) is 11.5 Å². The smallest absolute Gasteiger partial charge is 0.258 e. The molecule has 0 heterocycles. The summed E-state index contributed by atoms with van der Waals surface area (Å²) in [6.07, 6.45) is 5.91. The van der Waals surface area contributed by atoms with Gasteiger partial charge in [-0.15, -0.1) is 0 Å². The maximum atomic E-state index is 11.7. The predicted octanol–water partition coefficient (Wildman–Crippen LogP) is 1.50. The van der Waals surface area contributed by atoms with E-state index in [1.807, 2.05) is 31.2 Å². The number of benzene rings is 1. The van der Waals surface area contributed by atoms with E-state index < -0.39 is 0 Å². The Labute approximate surface area is 135 Å². The van der Waals surface area contributed by atoms with Crippen LogP contribution >= 0.6 is 0 Å². The fourth-order valence-corrected chi connectivity index (χ4v) is 1.98. The van der Waals surface area contributed by atoms with Crippen LogP contribution in [0, 0.1) is 0 Å². The van der Waals surface area contributed by atoms with Crippen molar-refractivity contribution >= 4 is 17.9 Å². The predicted molar refractivity (Wildman–Crippen MR) is 87.4 cm³/mol. The molecule has 1 aliphatic carbocycles. The van der Waals surface area contributed by atoms with Crippen molar-refractivity contribution in [2.45, 2.75) is 25.8 Å². The summed E-state index contributed by atoms with van der Waals surface area (Å²) in [6, 6.07) is 5.74. The highest BCUT2D eigenvalue weighted by molar-refractivity contribution is 5.85. The monoisotopic (exact) mass is 318 g/mol. The van der Waals surface area contributed by atoms with Gasteiger partial charge in [-0.05, 0) is 37.5 Å². The van der Waals surface area contributed by atoms with E-state index in [0.717, 1.165) is 18.4 Å². The molecule has 2 amide bonds. The van der Waals surface area contributed by atoms with Gasteiger partial charge in [-0.3, -0.25) is 9.59 Å². The van der Waals surface area contributed by atoms with Crippen LogP contribution in [0.3, 0.4) is 0 Å². The van der Waals surface area contributed by atoms with Crippen LogP contribution in [0.15, 0.2) is 24.3 Å². The fourth-order valence-electron chi connectivity index (χ4n) is 1.98. The molecule has 0 aliphatic heterocycles. The van der Waals surface area contributed by atoms with Gasteiger partial charge < -0.3 is 20.1 Å². The molecule has 1 aromatic rings. The van der Waals surface area contributed by atoms with E-state index in [4.69, 9.17) is 9.47 Å². The number of rotatable bonds is 8. The van der Waals surface area contributed by atoms with Gasteiger partial charge in [-0.25, -0.2) is 0 Å². The normalized spacial score (nSPS) is 13.7. The van der Waals surface area contributed by atoms with Gasteiger partial charge >= 0.3 is 0 Å². The summed E-state index contributed by atoms with van der Waals surface area (Å²) in [6.45, 7) is 1.73. The van der Waals surface area contributed by atoms with Crippen molar-refractivity contribution < 1.29 is 19.1 Å². The number of nitrogens with one attached hydrogen (secondary N) is 2. The Kier molecular flexibility index (Phi) is 6.02. The summed E-state index contributed by atoms with van der Waals surface area (Å²) in [5.74, 6) is 0.517. The number of hydrogen-bond acceptors (Lipinski definition) is 4. The lowest BCUT2D eigenvalue weighted by atomic mass is 10.2. The first kappa shape index (κ1) is 16.9. The van der Waals surface area contributed by atoms with Gasteiger partial charge in [0, 0.05) is 6.04 Å². The maximum absolute atomic E-state index is 11.7.